The molecule has 4 atom stereocenters. The summed E-state index contributed by atoms with van der Waals surface area (Å²) in [4.78, 5) is 0. The highest BCUT2D eigenvalue weighted by Gasteiger charge is 2.08. The minimum Gasteiger partial charge on any atom is -0.0651 e. The molecule has 0 aliphatic heterocycles. The van der Waals surface area contributed by atoms with Crippen molar-refractivity contribution in [3.63, 3.8) is 0 Å². The van der Waals surface area contributed by atoms with E-state index in [0.29, 0.717) is 0 Å². The van der Waals surface area contributed by atoms with Gasteiger partial charge in [0.2, 0.25) is 0 Å². The van der Waals surface area contributed by atoms with Crippen LogP contribution in [0.3, 0.4) is 0 Å². The van der Waals surface area contributed by atoms with Crippen LogP contribution in [0.1, 0.15) is 150 Å². The summed E-state index contributed by atoms with van der Waals surface area (Å²) in [5.41, 5.74) is 0. The molecule has 0 heterocycles. The Balaban J connectivity index is -0.000000165. The van der Waals surface area contributed by atoms with Gasteiger partial charge in [0, 0.05) is 0 Å². The Morgan fingerprint density at radius 1 is 0.312 bits per heavy atom. The molecule has 0 amide bonds. The van der Waals surface area contributed by atoms with Crippen LogP contribution >= 0.6 is 0 Å². The Kier molecular flexibility index (Phi) is 29.6. The second-order valence-electron chi connectivity index (χ2n) is 13.0. The van der Waals surface area contributed by atoms with Gasteiger partial charge in [0.1, 0.15) is 0 Å². The van der Waals surface area contributed by atoms with Crippen molar-refractivity contribution in [2.75, 3.05) is 0 Å². The van der Waals surface area contributed by atoms with Crippen molar-refractivity contribution in [3.05, 3.63) is 0 Å². The van der Waals surface area contributed by atoms with Gasteiger partial charge in [0.05, 0.1) is 0 Å². The van der Waals surface area contributed by atoms with E-state index < -0.39 is 0 Å². The van der Waals surface area contributed by atoms with Gasteiger partial charge in [0.25, 0.3) is 0 Å². The standard InChI is InChI=1S/2C9H20.2C7H16/c2*1-7(2)6-9(5)8(3)4;2*1-5-7(4)6(2)3/h2*7-9H,6H2,1-5H3;2*6-7H,5H2,1-4H3/t2*9-;2*7-/m1010/s1. The molecular formula is C32H72. The fourth-order valence-electron chi connectivity index (χ4n) is 2.97. The van der Waals surface area contributed by atoms with Crippen molar-refractivity contribution in [2.45, 2.75) is 150 Å². The minimum absolute atomic E-state index is 0.854. The molecule has 0 saturated heterocycles. The summed E-state index contributed by atoms with van der Waals surface area (Å²) in [5.74, 6) is 8.76. The third kappa shape index (κ3) is 32.2. The van der Waals surface area contributed by atoms with Crippen LogP contribution in [0.2, 0.25) is 0 Å². The average molecular weight is 457 g/mol. The molecule has 0 aromatic heterocycles. The van der Waals surface area contributed by atoms with Gasteiger partial charge in [-0.25, -0.2) is 0 Å². The average Bonchev–Trinajstić information content (AvgIpc) is 2.66. The summed E-state index contributed by atoms with van der Waals surface area (Å²) in [7, 11) is 0. The van der Waals surface area contributed by atoms with Gasteiger partial charge in [0.15, 0.2) is 0 Å². The maximum atomic E-state index is 2.34. The van der Waals surface area contributed by atoms with Gasteiger partial charge in [-0.15, -0.1) is 0 Å². The van der Waals surface area contributed by atoms with E-state index in [0.717, 1.165) is 59.2 Å². The largest absolute Gasteiger partial charge is 0.0651 e. The van der Waals surface area contributed by atoms with Crippen molar-refractivity contribution in [2.24, 2.45) is 59.2 Å². The summed E-state index contributed by atoms with van der Waals surface area (Å²) < 4.78 is 0. The first-order chi connectivity index (χ1) is 14.4. The Morgan fingerprint density at radius 2 is 0.500 bits per heavy atom. The quantitative estimate of drug-likeness (QED) is 0.306. The van der Waals surface area contributed by atoms with E-state index in [1.807, 2.05) is 0 Å². The number of hydrogen-bond donors (Lipinski definition) is 0. The molecule has 0 aromatic carbocycles. The summed E-state index contributed by atoms with van der Waals surface area (Å²) in [6.07, 6.45) is 5.38. The van der Waals surface area contributed by atoms with Gasteiger partial charge in [-0.1, -0.05) is 137 Å². The fraction of sp³-hybridized carbons (Fsp3) is 1.00. The topological polar surface area (TPSA) is 0 Å². The van der Waals surface area contributed by atoms with Gasteiger partial charge < -0.3 is 0 Å². The van der Waals surface area contributed by atoms with Crippen molar-refractivity contribution in [1.29, 1.82) is 0 Å². The summed E-state index contributed by atoms with van der Waals surface area (Å²) in [6.45, 7) is 41.2. The van der Waals surface area contributed by atoms with Crippen LogP contribution in [-0.2, 0) is 0 Å². The van der Waals surface area contributed by atoms with Crippen molar-refractivity contribution in [3.8, 4) is 0 Å². The second kappa shape index (κ2) is 24.1. The fourth-order valence-corrected chi connectivity index (χ4v) is 2.97. The molecule has 0 saturated carbocycles. The Bertz CT molecular complexity index is 300. The number of hydrogen-bond acceptors (Lipinski definition) is 0. The molecule has 0 nitrogen and oxygen atoms in total. The van der Waals surface area contributed by atoms with Gasteiger partial charge >= 0.3 is 0 Å². The molecule has 0 rings (SSSR count). The lowest BCUT2D eigenvalue weighted by Crippen LogP contribution is -2.06. The van der Waals surface area contributed by atoms with Crippen molar-refractivity contribution < 1.29 is 0 Å². The van der Waals surface area contributed by atoms with E-state index in [2.05, 4.69) is 125 Å². The predicted molar refractivity (Wildman–Crippen MR) is 155 cm³/mol. The zero-order valence-corrected chi connectivity index (χ0v) is 26.6. The minimum atomic E-state index is 0.854. The lowest BCUT2D eigenvalue weighted by Gasteiger charge is -2.16. The number of rotatable bonds is 10. The molecule has 0 aliphatic rings. The van der Waals surface area contributed by atoms with Crippen LogP contribution in [0.15, 0.2) is 0 Å². The molecule has 0 aromatic rings. The Labute approximate surface area is 209 Å². The molecule has 0 radical (unpaired) electrons. The molecule has 0 aliphatic carbocycles. The van der Waals surface area contributed by atoms with Crippen molar-refractivity contribution >= 4 is 0 Å². The van der Waals surface area contributed by atoms with E-state index in [4.69, 9.17) is 0 Å². The second-order valence-corrected chi connectivity index (χ2v) is 13.0. The predicted octanol–water partition coefficient (Wildman–Crippen LogP) is 12.0. The van der Waals surface area contributed by atoms with Gasteiger partial charge in [-0.05, 0) is 72.0 Å². The van der Waals surface area contributed by atoms with Crippen LogP contribution in [0.25, 0.3) is 0 Å². The van der Waals surface area contributed by atoms with Crippen LogP contribution in [0.5, 0.6) is 0 Å². The zero-order valence-electron chi connectivity index (χ0n) is 26.6. The van der Waals surface area contributed by atoms with E-state index in [-0.39, 0.29) is 0 Å². The van der Waals surface area contributed by atoms with Crippen LogP contribution in [0, 0.1) is 59.2 Å². The molecule has 0 bridgehead atoms. The van der Waals surface area contributed by atoms with Crippen LogP contribution in [-0.4, -0.2) is 0 Å². The third-order valence-corrected chi connectivity index (χ3v) is 7.53. The van der Waals surface area contributed by atoms with Crippen LogP contribution in [0.4, 0.5) is 0 Å². The van der Waals surface area contributed by atoms with E-state index in [9.17, 15) is 0 Å². The third-order valence-electron chi connectivity index (χ3n) is 7.53. The van der Waals surface area contributed by atoms with Crippen LogP contribution < -0.4 is 0 Å². The monoisotopic (exact) mass is 457 g/mol. The maximum absolute atomic E-state index is 2.34. The van der Waals surface area contributed by atoms with E-state index in [1.54, 1.807) is 0 Å². The Morgan fingerprint density at radius 3 is 0.531 bits per heavy atom. The highest BCUT2D eigenvalue weighted by atomic mass is 14.1. The molecule has 0 fully saturated rings. The SMILES string of the molecule is CC(C)C[C@@H](C)C(C)C.CC(C)C[C@H](C)C(C)C.CC[C@@H](C)C(C)C.CC[C@H](C)C(C)C. The highest BCUT2D eigenvalue weighted by Crippen LogP contribution is 2.19. The summed E-state index contributed by atoms with van der Waals surface area (Å²) in [5, 5.41) is 0. The molecule has 0 heteroatoms. The lowest BCUT2D eigenvalue weighted by molar-refractivity contribution is 0.344. The summed E-state index contributed by atoms with van der Waals surface area (Å²) >= 11 is 0. The highest BCUT2D eigenvalue weighted by molar-refractivity contribution is 4.59. The maximum Gasteiger partial charge on any atom is -0.0417 e. The first kappa shape index (κ1) is 39.2. The normalized spacial score (nSPS) is 15.0. The zero-order chi connectivity index (χ0) is 26.6. The molecule has 0 N–H and O–H groups in total. The lowest BCUT2D eigenvalue weighted by atomic mass is 9.90. The van der Waals surface area contributed by atoms with E-state index >= 15 is 0 Å². The Hall–Kier alpha value is 0. The van der Waals surface area contributed by atoms with E-state index in [1.165, 1.54) is 25.7 Å². The molecular weight excluding hydrogens is 384 g/mol. The molecule has 0 spiro atoms. The molecule has 0 unspecified atom stereocenters. The smallest absolute Gasteiger partial charge is 0.0417 e. The van der Waals surface area contributed by atoms with Gasteiger partial charge in [-0.3, -0.25) is 0 Å². The summed E-state index contributed by atoms with van der Waals surface area (Å²) in [6, 6.07) is 0. The first-order valence-electron chi connectivity index (χ1n) is 14.4. The molecule has 200 valence electrons. The molecule has 32 heavy (non-hydrogen) atoms. The van der Waals surface area contributed by atoms with Gasteiger partial charge in [-0.2, -0.15) is 0 Å². The first-order valence-corrected chi connectivity index (χ1v) is 14.4. The van der Waals surface area contributed by atoms with Crippen molar-refractivity contribution in [1.82, 2.24) is 0 Å².